The number of aryl methyl sites for hydroxylation is 1. The lowest BCUT2D eigenvalue weighted by atomic mass is 10.1. The van der Waals surface area contributed by atoms with Gasteiger partial charge in [-0.05, 0) is 11.6 Å². The average Bonchev–Trinajstić information content (AvgIpc) is 3.09. The normalized spacial score (nSPS) is 12.9. The third-order valence-corrected chi connectivity index (χ3v) is 6.81. The fraction of sp³-hybridized carbons (Fsp3) is 0.222. The first-order chi connectivity index (χ1) is 14.0. The first-order valence-corrected chi connectivity index (χ1v) is 11.0. The van der Waals surface area contributed by atoms with E-state index in [0.717, 1.165) is 4.68 Å². The molecular weight excluding hydrogens is 441 g/mol. The summed E-state index contributed by atoms with van der Waals surface area (Å²) in [7, 11) is -2.67. The van der Waals surface area contributed by atoms with Gasteiger partial charge in [0.2, 0.25) is 9.81 Å². The number of hydrogen-bond acceptors (Lipinski definition) is 6. The summed E-state index contributed by atoms with van der Waals surface area (Å²) in [6.07, 6.45) is -3.37. The number of pyridine rings is 1. The van der Waals surface area contributed by atoms with E-state index in [9.17, 15) is 26.4 Å². The van der Waals surface area contributed by atoms with E-state index in [0.29, 0.717) is 11.1 Å². The maximum absolute atomic E-state index is 12.8. The van der Waals surface area contributed by atoms with Gasteiger partial charge in [-0.2, -0.15) is 23.3 Å². The SMILES string of the molecule is CCS(=O)(=O)c1cc(-c2ccccc2)cnc1C(=O)N=c1sc(C(F)(F)F)nn1C. The van der Waals surface area contributed by atoms with Gasteiger partial charge in [-0.15, -0.1) is 0 Å². The molecule has 0 aliphatic rings. The van der Waals surface area contributed by atoms with Crippen LogP contribution in [0, 0.1) is 0 Å². The van der Waals surface area contributed by atoms with E-state index in [1.54, 1.807) is 30.3 Å². The maximum Gasteiger partial charge on any atom is 0.445 e. The highest BCUT2D eigenvalue weighted by molar-refractivity contribution is 7.91. The van der Waals surface area contributed by atoms with Crippen molar-refractivity contribution in [1.82, 2.24) is 14.8 Å². The Morgan fingerprint density at radius 3 is 2.43 bits per heavy atom. The standard InChI is InChI=1S/C18H15F3N4O3S2/c1-3-30(27,28)13-9-12(11-7-5-4-6-8-11)10-22-14(13)15(26)23-17-25(2)24-16(29-17)18(19,20)21/h4-10H,3H2,1-2H3. The minimum absolute atomic E-state index is 0.171. The lowest BCUT2D eigenvalue weighted by molar-refractivity contribution is -0.138. The van der Waals surface area contributed by atoms with Gasteiger partial charge in [-0.25, -0.2) is 18.1 Å². The van der Waals surface area contributed by atoms with E-state index in [2.05, 4.69) is 15.1 Å². The predicted octanol–water partition coefficient (Wildman–Crippen LogP) is 3.10. The highest BCUT2D eigenvalue weighted by Crippen LogP contribution is 2.29. The van der Waals surface area contributed by atoms with Crippen molar-refractivity contribution in [3.8, 4) is 11.1 Å². The Balaban J connectivity index is 2.14. The quantitative estimate of drug-likeness (QED) is 0.601. The number of benzene rings is 1. The summed E-state index contributed by atoms with van der Waals surface area (Å²) in [5.74, 6) is -1.37. The fourth-order valence-corrected chi connectivity index (χ4v) is 4.29. The second kappa shape index (κ2) is 8.11. The lowest BCUT2D eigenvalue weighted by Crippen LogP contribution is -2.17. The van der Waals surface area contributed by atoms with Crippen molar-refractivity contribution in [3.63, 3.8) is 0 Å². The fourth-order valence-electron chi connectivity index (χ4n) is 2.49. The van der Waals surface area contributed by atoms with Crippen molar-refractivity contribution in [2.45, 2.75) is 18.0 Å². The molecule has 0 saturated heterocycles. The molecule has 0 aliphatic carbocycles. The smallest absolute Gasteiger partial charge is 0.265 e. The average molecular weight is 456 g/mol. The van der Waals surface area contributed by atoms with Crippen LogP contribution in [0.2, 0.25) is 0 Å². The van der Waals surface area contributed by atoms with Crippen molar-refractivity contribution >= 4 is 27.1 Å². The number of carbonyl (C=O) groups is 1. The van der Waals surface area contributed by atoms with Gasteiger partial charge in [0, 0.05) is 18.8 Å². The second-order valence-electron chi connectivity index (χ2n) is 6.07. The van der Waals surface area contributed by atoms with Crippen LogP contribution in [-0.4, -0.2) is 34.8 Å². The molecule has 0 N–H and O–H groups in total. The van der Waals surface area contributed by atoms with Gasteiger partial charge in [0.25, 0.3) is 5.91 Å². The van der Waals surface area contributed by atoms with Gasteiger partial charge in [0.15, 0.2) is 9.84 Å². The Hall–Kier alpha value is -2.86. The molecule has 3 aromatic rings. The molecule has 12 heteroatoms. The third kappa shape index (κ3) is 4.49. The number of hydrogen-bond donors (Lipinski definition) is 0. The molecule has 2 heterocycles. The van der Waals surface area contributed by atoms with Gasteiger partial charge in [-0.1, -0.05) is 48.6 Å². The van der Waals surface area contributed by atoms with Crippen molar-refractivity contribution in [2.24, 2.45) is 12.0 Å². The predicted molar refractivity (Wildman–Crippen MR) is 103 cm³/mol. The van der Waals surface area contributed by atoms with E-state index >= 15 is 0 Å². The summed E-state index contributed by atoms with van der Waals surface area (Å²) in [6.45, 7) is 1.41. The summed E-state index contributed by atoms with van der Waals surface area (Å²) >= 11 is 0.171. The number of alkyl halides is 3. The lowest BCUT2D eigenvalue weighted by Gasteiger charge is -2.09. The first kappa shape index (κ1) is 21.8. The molecule has 0 spiro atoms. The van der Waals surface area contributed by atoms with E-state index in [1.807, 2.05) is 0 Å². The molecule has 0 atom stereocenters. The number of halogens is 3. The Morgan fingerprint density at radius 2 is 1.87 bits per heavy atom. The second-order valence-corrected chi connectivity index (χ2v) is 9.27. The summed E-state index contributed by atoms with van der Waals surface area (Å²) in [5, 5.41) is 2.12. The van der Waals surface area contributed by atoms with Crippen LogP contribution in [0.3, 0.4) is 0 Å². The molecule has 3 rings (SSSR count). The highest BCUT2D eigenvalue weighted by atomic mass is 32.2. The van der Waals surface area contributed by atoms with Gasteiger partial charge in [-0.3, -0.25) is 4.79 Å². The summed E-state index contributed by atoms with van der Waals surface area (Å²) in [6, 6.07) is 10.1. The molecule has 0 fully saturated rings. The van der Waals surface area contributed by atoms with Crippen molar-refractivity contribution in [3.05, 3.63) is 58.1 Å². The topological polar surface area (TPSA) is 94.3 Å². The molecule has 158 valence electrons. The van der Waals surface area contributed by atoms with Crippen LogP contribution >= 0.6 is 11.3 Å². The molecule has 0 bridgehead atoms. The van der Waals surface area contributed by atoms with Crippen LogP contribution in [0.15, 0.2) is 52.5 Å². The Bertz CT molecular complexity index is 1260. The largest absolute Gasteiger partial charge is 0.445 e. The molecule has 0 unspecified atom stereocenters. The zero-order chi connectivity index (χ0) is 22.1. The zero-order valence-corrected chi connectivity index (χ0v) is 17.3. The maximum atomic E-state index is 12.8. The summed E-state index contributed by atoms with van der Waals surface area (Å²) in [5.41, 5.74) is 0.706. The van der Waals surface area contributed by atoms with E-state index in [-0.39, 0.29) is 26.8 Å². The monoisotopic (exact) mass is 456 g/mol. The molecular formula is C18H15F3N4O3S2. The number of nitrogens with zero attached hydrogens (tertiary/aromatic N) is 4. The third-order valence-electron chi connectivity index (χ3n) is 4.02. The van der Waals surface area contributed by atoms with Crippen molar-refractivity contribution in [1.29, 1.82) is 0 Å². The first-order valence-electron chi connectivity index (χ1n) is 8.51. The van der Waals surface area contributed by atoms with Crippen molar-refractivity contribution in [2.75, 3.05) is 5.75 Å². The van der Waals surface area contributed by atoms with Crippen LogP contribution in [0.5, 0.6) is 0 Å². The Kier molecular flexibility index (Phi) is 5.90. The number of sulfone groups is 1. The zero-order valence-electron chi connectivity index (χ0n) is 15.7. The minimum Gasteiger partial charge on any atom is -0.265 e. The highest BCUT2D eigenvalue weighted by Gasteiger charge is 2.35. The van der Waals surface area contributed by atoms with Gasteiger partial charge in [0.1, 0.15) is 5.69 Å². The van der Waals surface area contributed by atoms with Gasteiger partial charge < -0.3 is 0 Å². The van der Waals surface area contributed by atoms with E-state index in [4.69, 9.17) is 0 Å². The molecule has 1 amide bonds. The molecule has 0 aliphatic heterocycles. The molecule has 7 nitrogen and oxygen atoms in total. The molecule has 1 aromatic carbocycles. The number of carbonyl (C=O) groups excluding carboxylic acids is 1. The van der Waals surface area contributed by atoms with Crippen LogP contribution < -0.4 is 4.80 Å². The van der Waals surface area contributed by atoms with Crippen LogP contribution in [0.25, 0.3) is 11.1 Å². The minimum atomic E-state index is -4.69. The van der Waals surface area contributed by atoms with Crippen LogP contribution in [0.4, 0.5) is 13.2 Å². The van der Waals surface area contributed by atoms with Crippen molar-refractivity contribution < 1.29 is 26.4 Å². The summed E-state index contributed by atoms with van der Waals surface area (Å²) < 4.78 is 64.4. The number of aromatic nitrogens is 3. The van der Waals surface area contributed by atoms with Gasteiger partial charge in [0.05, 0.1) is 10.6 Å². The number of amides is 1. The molecule has 30 heavy (non-hydrogen) atoms. The van der Waals surface area contributed by atoms with Crippen LogP contribution in [0.1, 0.15) is 22.4 Å². The molecule has 0 radical (unpaired) electrons. The summed E-state index contributed by atoms with van der Waals surface area (Å²) in [4.78, 5) is 19.6. The Morgan fingerprint density at radius 1 is 1.20 bits per heavy atom. The van der Waals surface area contributed by atoms with E-state index in [1.165, 1.54) is 26.2 Å². The molecule has 0 saturated carbocycles. The van der Waals surface area contributed by atoms with E-state index < -0.39 is 32.6 Å². The number of rotatable bonds is 4. The van der Waals surface area contributed by atoms with Crippen LogP contribution in [-0.2, 0) is 23.1 Å². The Labute approximate surface area is 173 Å². The molecule has 2 aromatic heterocycles. The van der Waals surface area contributed by atoms with Gasteiger partial charge >= 0.3 is 6.18 Å².